The molecule has 106 valence electrons. The summed E-state index contributed by atoms with van der Waals surface area (Å²) < 4.78 is 7.40. The third kappa shape index (κ3) is 2.09. The molecule has 0 saturated heterocycles. The Morgan fingerprint density at radius 1 is 1.45 bits per heavy atom. The molecule has 20 heavy (non-hydrogen) atoms. The van der Waals surface area contributed by atoms with E-state index in [-0.39, 0.29) is 24.5 Å². The molecule has 7 nitrogen and oxygen atoms in total. The van der Waals surface area contributed by atoms with Crippen molar-refractivity contribution in [1.82, 2.24) is 19.5 Å². The van der Waals surface area contributed by atoms with Crippen LogP contribution in [0.4, 0.5) is 5.95 Å². The van der Waals surface area contributed by atoms with Gasteiger partial charge in [0, 0.05) is 12.5 Å². The van der Waals surface area contributed by atoms with Crippen molar-refractivity contribution in [2.24, 2.45) is 5.92 Å². The molecule has 3 N–H and O–H groups in total. The third-order valence-electron chi connectivity index (χ3n) is 3.43. The molecular weight excluding hydrogens is 258 g/mol. The molecule has 2 heterocycles. The van der Waals surface area contributed by atoms with Crippen molar-refractivity contribution in [3.63, 3.8) is 0 Å². The Morgan fingerprint density at radius 2 is 2.30 bits per heavy atom. The van der Waals surface area contributed by atoms with Crippen LogP contribution in [0.1, 0.15) is 19.4 Å². The highest BCUT2D eigenvalue weighted by Crippen LogP contribution is 2.31. The quantitative estimate of drug-likeness (QED) is 0.805. The van der Waals surface area contributed by atoms with Gasteiger partial charge in [0.05, 0.1) is 19.0 Å². The zero-order chi connectivity index (χ0) is 14.1. The van der Waals surface area contributed by atoms with E-state index in [1.54, 1.807) is 6.33 Å². The van der Waals surface area contributed by atoms with Crippen LogP contribution in [-0.2, 0) is 0 Å². The van der Waals surface area contributed by atoms with Crippen LogP contribution in [0.15, 0.2) is 18.5 Å². The van der Waals surface area contributed by atoms with E-state index in [9.17, 15) is 5.11 Å². The monoisotopic (exact) mass is 275 g/mol. The van der Waals surface area contributed by atoms with Gasteiger partial charge in [0.15, 0.2) is 11.2 Å². The number of nitrogen functional groups attached to an aromatic ring is 1. The number of aliphatic hydroxyl groups is 1. The van der Waals surface area contributed by atoms with Crippen LogP contribution in [0, 0.1) is 5.92 Å². The van der Waals surface area contributed by atoms with Crippen molar-refractivity contribution in [3.8, 4) is 5.88 Å². The number of aliphatic hydroxyl groups excluding tert-OH is 1. The second-order valence-electron chi connectivity index (χ2n) is 4.77. The molecule has 7 heteroatoms. The minimum Gasteiger partial charge on any atom is -0.476 e. The first kappa shape index (κ1) is 12.9. The van der Waals surface area contributed by atoms with Crippen molar-refractivity contribution in [3.05, 3.63) is 18.5 Å². The Balaban J connectivity index is 2.03. The van der Waals surface area contributed by atoms with Gasteiger partial charge in [-0.15, -0.1) is 0 Å². The highest BCUT2D eigenvalue weighted by Gasteiger charge is 2.23. The summed E-state index contributed by atoms with van der Waals surface area (Å²) in [5, 5.41) is 9.21. The summed E-state index contributed by atoms with van der Waals surface area (Å²) in [7, 11) is 0. The number of rotatable bonds is 4. The molecule has 1 aliphatic rings. The largest absolute Gasteiger partial charge is 0.476 e. The van der Waals surface area contributed by atoms with Crippen LogP contribution in [0.2, 0.25) is 0 Å². The van der Waals surface area contributed by atoms with E-state index >= 15 is 0 Å². The summed E-state index contributed by atoms with van der Waals surface area (Å²) in [4.78, 5) is 12.7. The van der Waals surface area contributed by atoms with Gasteiger partial charge < -0.3 is 20.1 Å². The lowest BCUT2D eigenvalue weighted by Gasteiger charge is -2.12. The van der Waals surface area contributed by atoms with Gasteiger partial charge >= 0.3 is 0 Å². The highest BCUT2D eigenvalue weighted by molar-refractivity contribution is 5.77. The molecule has 0 saturated carbocycles. The van der Waals surface area contributed by atoms with E-state index in [4.69, 9.17) is 10.5 Å². The van der Waals surface area contributed by atoms with Gasteiger partial charge in [-0.25, -0.2) is 4.98 Å². The fourth-order valence-electron chi connectivity index (χ4n) is 2.48. The van der Waals surface area contributed by atoms with E-state index in [2.05, 4.69) is 21.0 Å². The predicted octanol–water partition coefficient (Wildman–Crippen LogP) is 0.917. The maximum Gasteiger partial charge on any atom is 0.247 e. The van der Waals surface area contributed by atoms with E-state index in [1.165, 1.54) is 0 Å². The molecule has 0 fully saturated rings. The molecule has 0 bridgehead atoms. The van der Waals surface area contributed by atoms with Crippen LogP contribution in [0.3, 0.4) is 0 Å². The van der Waals surface area contributed by atoms with E-state index in [0.717, 1.165) is 6.42 Å². The van der Waals surface area contributed by atoms with Crippen molar-refractivity contribution in [1.29, 1.82) is 0 Å². The maximum absolute atomic E-state index is 9.21. The maximum atomic E-state index is 9.21. The van der Waals surface area contributed by atoms with Crippen molar-refractivity contribution in [2.45, 2.75) is 19.4 Å². The number of nitrogens with zero attached hydrogens (tertiary/aromatic N) is 4. The molecular formula is C13H17N5O2. The number of allylic oxidation sites excluding steroid dienone is 1. The molecule has 0 unspecified atom stereocenters. The first-order chi connectivity index (χ1) is 9.72. The number of hydrogen-bond donors (Lipinski definition) is 2. The van der Waals surface area contributed by atoms with Gasteiger partial charge in [-0.3, -0.25) is 0 Å². The van der Waals surface area contributed by atoms with E-state index in [0.29, 0.717) is 23.7 Å². The first-order valence-electron chi connectivity index (χ1n) is 6.65. The second kappa shape index (κ2) is 5.09. The van der Waals surface area contributed by atoms with Crippen LogP contribution in [0.5, 0.6) is 5.88 Å². The normalized spacial score (nSPS) is 21.7. The van der Waals surface area contributed by atoms with Crippen molar-refractivity contribution in [2.75, 3.05) is 18.9 Å². The number of nitrogens with two attached hydrogens (primary N) is 1. The summed E-state index contributed by atoms with van der Waals surface area (Å²) >= 11 is 0. The lowest BCUT2D eigenvalue weighted by atomic mass is 10.1. The fraction of sp³-hybridized carbons (Fsp3) is 0.462. The van der Waals surface area contributed by atoms with Gasteiger partial charge in [0.25, 0.3) is 0 Å². The molecule has 2 aromatic heterocycles. The Labute approximate surface area is 116 Å². The summed E-state index contributed by atoms with van der Waals surface area (Å²) in [6.45, 7) is 2.53. The number of aromatic nitrogens is 4. The standard InChI is InChI=1S/C13H17N5O2/c1-2-20-12-10-11(16-13(14)17-12)18(7-15-10)9-4-3-8(5-9)6-19/h3-4,7-9,19H,2,5-6H2,1H3,(H2,14,16,17)/t8-,9+/m0/s1. The lowest BCUT2D eigenvalue weighted by Crippen LogP contribution is -2.09. The molecule has 0 radical (unpaired) electrons. The van der Waals surface area contributed by atoms with Gasteiger partial charge in [0.2, 0.25) is 11.8 Å². The average molecular weight is 275 g/mol. The average Bonchev–Trinajstić information content (AvgIpc) is 3.04. The van der Waals surface area contributed by atoms with Gasteiger partial charge in [0.1, 0.15) is 0 Å². The molecule has 0 aromatic carbocycles. The second-order valence-corrected chi connectivity index (χ2v) is 4.77. The molecule has 1 aliphatic carbocycles. The van der Waals surface area contributed by atoms with Crippen molar-refractivity contribution >= 4 is 17.1 Å². The van der Waals surface area contributed by atoms with E-state index < -0.39 is 0 Å². The number of imidazole rings is 1. The minimum absolute atomic E-state index is 0.126. The Kier molecular flexibility index (Phi) is 3.27. The summed E-state index contributed by atoms with van der Waals surface area (Å²) in [5.41, 5.74) is 7.01. The molecule has 3 rings (SSSR count). The predicted molar refractivity (Wildman–Crippen MR) is 74.3 cm³/mol. The lowest BCUT2D eigenvalue weighted by molar-refractivity contribution is 0.244. The Bertz CT molecular complexity index is 651. The summed E-state index contributed by atoms with van der Waals surface area (Å²) in [5.74, 6) is 0.765. The number of anilines is 1. The van der Waals surface area contributed by atoms with Crippen molar-refractivity contribution < 1.29 is 9.84 Å². The zero-order valence-corrected chi connectivity index (χ0v) is 11.2. The number of ether oxygens (including phenoxy) is 1. The summed E-state index contributed by atoms with van der Waals surface area (Å²) in [6, 6.07) is 0.126. The SMILES string of the molecule is CCOc1nc(N)nc2c1ncn2[C@@H]1C=C[C@H](CO)C1. The minimum atomic E-state index is 0.126. The highest BCUT2D eigenvalue weighted by atomic mass is 16.5. The number of fused-ring (bicyclic) bond motifs is 1. The molecule has 0 spiro atoms. The smallest absolute Gasteiger partial charge is 0.247 e. The zero-order valence-electron chi connectivity index (χ0n) is 11.2. The van der Waals surface area contributed by atoms with Crippen LogP contribution >= 0.6 is 0 Å². The van der Waals surface area contributed by atoms with Crippen LogP contribution < -0.4 is 10.5 Å². The molecule has 2 atom stereocenters. The van der Waals surface area contributed by atoms with Gasteiger partial charge in [-0.2, -0.15) is 9.97 Å². The Hall–Kier alpha value is -2.15. The molecule has 0 amide bonds. The van der Waals surface area contributed by atoms with E-state index in [1.807, 2.05) is 17.6 Å². The third-order valence-corrected chi connectivity index (χ3v) is 3.43. The van der Waals surface area contributed by atoms with Crippen LogP contribution in [-0.4, -0.2) is 37.8 Å². The topological polar surface area (TPSA) is 99.1 Å². The fourth-order valence-corrected chi connectivity index (χ4v) is 2.48. The number of hydrogen-bond acceptors (Lipinski definition) is 6. The van der Waals surface area contributed by atoms with Crippen LogP contribution in [0.25, 0.3) is 11.2 Å². The Morgan fingerprint density at radius 3 is 3.00 bits per heavy atom. The first-order valence-corrected chi connectivity index (χ1v) is 6.65. The van der Waals surface area contributed by atoms with Gasteiger partial charge in [-0.1, -0.05) is 12.2 Å². The summed E-state index contributed by atoms with van der Waals surface area (Å²) in [6.07, 6.45) is 6.62. The molecule has 2 aromatic rings. The molecule has 0 aliphatic heterocycles. The van der Waals surface area contributed by atoms with Gasteiger partial charge in [-0.05, 0) is 13.3 Å².